The van der Waals surface area contributed by atoms with Gasteiger partial charge in [-0.3, -0.25) is 14.9 Å². The zero-order valence-corrected chi connectivity index (χ0v) is 22.3. The van der Waals surface area contributed by atoms with Crippen LogP contribution in [0.25, 0.3) is 0 Å². The van der Waals surface area contributed by atoms with Gasteiger partial charge in [0.1, 0.15) is 25.0 Å². The zero-order valence-electron chi connectivity index (χ0n) is 22.3. The van der Waals surface area contributed by atoms with Gasteiger partial charge < -0.3 is 15.5 Å². The van der Waals surface area contributed by atoms with Gasteiger partial charge in [-0.2, -0.15) is 0 Å². The lowest BCUT2D eigenvalue weighted by atomic mass is 9.45. The summed E-state index contributed by atoms with van der Waals surface area (Å²) >= 11 is 0. The van der Waals surface area contributed by atoms with E-state index in [2.05, 4.69) is 10.6 Å². The van der Waals surface area contributed by atoms with Gasteiger partial charge in [0.15, 0.2) is 5.78 Å². The summed E-state index contributed by atoms with van der Waals surface area (Å²) < 4.78 is 0. The van der Waals surface area contributed by atoms with Crippen LogP contribution in [-0.2, 0) is 9.59 Å². The summed E-state index contributed by atoms with van der Waals surface area (Å²) in [6, 6.07) is 0. The molecule has 0 aromatic rings. The fraction of sp³-hybridized carbons (Fsp3) is 0.917. The fourth-order valence-corrected chi connectivity index (χ4v) is 5.27. The third kappa shape index (κ3) is 6.53. The smallest absolute Gasteiger partial charge is 0.171 e. The van der Waals surface area contributed by atoms with Gasteiger partial charge in [0.05, 0.1) is 7.17 Å². The van der Waals surface area contributed by atoms with E-state index in [9.17, 15) is 19.8 Å². The molecule has 0 saturated carbocycles. The molecular formula is C24H46B3N2O4. The predicted molar refractivity (Wildman–Crippen MR) is 139 cm³/mol. The highest BCUT2D eigenvalue weighted by molar-refractivity contribution is 6.92. The maximum atomic E-state index is 14.1. The lowest BCUT2D eigenvalue weighted by molar-refractivity contribution is -0.143. The molecule has 33 heavy (non-hydrogen) atoms. The molecule has 2 atom stereocenters. The van der Waals surface area contributed by atoms with Crippen LogP contribution in [-0.4, -0.2) is 73.3 Å². The molecule has 0 aliphatic rings. The maximum absolute atomic E-state index is 14.1. The number of nitrogens with one attached hydrogen (secondary N) is 2. The lowest BCUT2D eigenvalue weighted by Crippen LogP contribution is -2.69. The molecule has 4 N–H and O–H groups in total. The number of carbonyl (C=O) groups excluding carboxylic acids is 2. The first-order chi connectivity index (χ1) is 15.4. The van der Waals surface area contributed by atoms with Gasteiger partial charge in [-0.05, 0) is 51.4 Å². The van der Waals surface area contributed by atoms with Gasteiger partial charge in [-0.15, -0.1) is 0 Å². The van der Waals surface area contributed by atoms with Crippen LogP contribution in [0.5, 0.6) is 0 Å². The summed E-state index contributed by atoms with van der Waals surface area (Å²) in [5, 5.41) is 27.9. The minimum atomic E-state index is -1.52. The van der Waals surface area contributed by atoms with Crippen LogP contribution in [0.4, 0.5) is 0 Å². The van der Waals surface area contributed by atoms with Gasteiger partial charge in [-0.25, -0.2) is 0 Å². The Morgan fingerprint density at radius 2 is 1.21 bits per heavy atom. The van der Waals surface area contributed by atoms with Gasteiger partial charge in [0, 0.05) is 30.6 Å². The van der Waals surface area contributed by atoms with E-state index in [0.29, 0.717) is 38.5 Å². The first-order valence-corrected chi connectivity index (χ1v) is 12.7. The van der Waals surface area contributed by atoms with E-state index in [4.69, 9.17) is 15.6 Å². The number of Topliss-reactive ketones (excluding diaryl/α,β-unsaturated/α-hetero) is 2. The molecule has 2 unspecified atom stereocenters. The molecule has 0 aromatic heterocycles. The molecule has 0 rings (SSSR count). The van der Waals surface area contributed by atoms with Crippen molar-refractivity contribution in [2.24, 2.45) is 5.41 Å². The van der Waals surface area contributed by atoms with E-state index >= 15 is 0 Å². The highest BCUT2D eigenvalue weighted by Gasteiger charge is 2.54. The van der Waals surface area contributed by atoms with E-state index in [0.717, 1.165) is 0 Å². The Morgan fingerprint density at radius 3 is 1.52 bits per heavy atom. The van der Waals surface area contributed by atoms with Gasteiger partial charge >= 0.3 is 0 Å². The Bertz CT molecular complexity index is 617. The van der Waals surface area contributed by atoms with Crippen molar-refractivity contribution in [3.63, 3.8) is 0 Å². The molecule has 0 amide bonds. The molecule has 0 aliphatic carbocycles. The quantitative estimate of drug-likeness (QED) is 0.186. The standard InChI is InChI=1S/C24H46B3N2O4/c1-9-21(10-2,18(31)20(27-26)29-24(33,15-7)16-8)23(13-5,14-6)28-19(25)17(30)22(32,11-3)12-4/h19-20,28-29,32-33H,9-16H2,1-8H3. The molecule has 0 spiro atoms. The van der Waals surface area contributed by atoms with Crippen LogP contribution in [0.15, 0.2) is 0 Å². The topological polar surface area (TPSA) is 98.7 Å². The Hall–Kier alpha value is -0.625. The Balaban J connectivity index is 6.44. The van der Waals surface area contributed by atoms with E-state index in [1.165, 1.54) is 7.17 Å². The second-order valence-corrected chi connectivity index (χ2v) is 9.22. The van der Waals surface area contributed by atoms with Crippen LogP contribution >= 0.6 is 0 Å². The van der Waals surface area contributed by atoms with Crippen molar-refractivity contribution in [1.29, 1.82) is 0 Å². The average Bonchev–Trinajstić information content (AvgIpc) is 2.85. The van der Waals surface area contributed by atoms with Crippen LogP contribution in [0, 0.1) is 5.41 Å². The van der Waals surface area contributed by atoms with Crippen molar-refractivity contribution < 1.29 is 19.8 Å². The summed E-state index contributed by atoms with van der Waals surface area (Å²) in [6.07, 6.45) is 3.42. The largest absolute Gasteiger partial charge is 0.382 e. The average molecular weight is 459 g/mol. The molecule has 0 aromatic carbocycles. The minimum Gasteiger partial charge on any atom is -0.382 e. The SMILES string of the molecule is [B][B]C(NC(O)(CC)CC)C(=O)C(CC)(CC)C(CC)(CC)NC([B])C(=O)C(O)(CC)CC. The Kier molecular flexibility index (Phi) is 13.2. The van der Waals surface area contributed by atoms with Crippen LogP contribution in [0.3, 0.4) is 0 Å². The summed E-state index contributed by atoms with van der Waals surface area (Å²) in [4.78, 5) is 27.2. The summed E-state index contributed by atoms with van der Waals surface area (Å²) in [5.41, 5.74) is -4.47. The first-order valence-electron chi connectivity index (χ1n) is 12.7. The number of carbonyl (C=O) groups is 2. The lowest BCUT2D eigenvalue weighted by Gasteiger charge is -2.53. The predicted octanol–water partition coefficient (Wildman–Crippen LogP) is 2.34. The van der Waals surface area contributed by atoms with E-state index in [1.54, 1.807) is 13.8 Å². The van der Waals surface area contributed by atoms with Crippen molar-refractivity contribution in [2.75, 3.05) is 0 Å². The van der Waals surface area contributed by atoms with E-state index in [-0.39, 0.29) is 18.6 Å². The molecule has 5 radical (unpaired) electrons. The van der Waals surface area contributed by atoms with Crippen molar-refractivity contribution in [2.45, 2.75) is 136 Å². The van der Waals surface area contributed by atoms with E-state index in [1.807, 2.05) is 41.5 Å². The Labute approximate surface area is 205 Å². The Morgan fingerprint density at radius 1 is 0.758 bits per heavy atom. The molecule has 0 saturated heterocycles. The minimum absolute atomic E-state index is 0.146. The number of rotatable bonds is 18. The van der Waals surface area contributed by atoms with Crippen molar-refractivity contribution in [3.8, 4) is 0 Å². The van der Waals surface area contributed by atoms with Crippen molar-refractivity contribution >= 4 is 34.3 Å². The van der Waals surface area contributed by atoms with Crippen LogP contribution in [0.2, 0.25) is 0 Å². The van der Waals surface area contributed by atoms with Crippen molar-refractivity contribution in [1.82, 2.24) is 10.6 Å². The second kappa shape index (κ2) is 13.5. The summed E-state index contributed by atoms with van der Waals surface area (Å²) in [5.74, 6) is -2.62. The number of ketones is 2. The summed E-state index contributed by atoms with van der Waals surface area (Å²) in [6.45, 7) is 15.0. The van der Waals surface area contributed by atoms with Gasteiger partial charge in [0.2, 0.25) is 0 Å². The molecule has 0 heterocycles. The second-order valence-electron chi connectivity index (χ2n) is 9.22. The number of hydrogen-bond acceptors (Lipinski definition) is 6. The zero-order chi connectivity index (χ0) is 26.1. The highest BCUT2D eigenvalue weighted by Crippen LogP contribution is 2.45. The maximum Gasteiger partial charge on any atom is 0.171 e. The molecule has 0 fully saturated rings. The molecule has 0 bridgehead atoms. The molecule has 6 nitrogen and oxygen atoms in total. The molecule has 9 heteroatoms. The number of aliphatic hydroxyl groups is 2. The fourth-order valence-electron chi connectivity index (χ4n) is 5.27. The van der Waals surface area contributed by atoms with Crippen molar-refractivity contribution in [3.05, 3.63) is 0 Å². The number of hydrogen-bond donors (Lipinski definition) is 4. The highest BCUT2D eigenvalue weighted by atomic mass is 16.3. The van der Waals surface area contributed by atoms with Gasteiger partial charge in [-0.1, -0.05) is 55.4 Å². The monoisotopic (exact) mass is 459 g/mol. The first kappa shape index (κ1) is 32.4. The third-order valence-electron chi connectivity index (χ3n) is 8.21. The molecule has 185 valence electrons. The van der Waals surface area contributed by atoms with E-state index < -0.39 is 39.9 Å². The molecule has 0 aliphatic heterocycles. The summed E-state index contributed by atoms with van der Waals surface area (Å²) in [7, 11) is 13.5. The van der Waals surface area contributed by atoms with Crippen LogP contribution < -0.4 is 10.6 Å². The molecular weight excluding hydrogens is 413 g/mol. The van der Waals surface area contributed by atoms with Gasteiger partial charge in [0.25, 0.3) is 0 Å². The normalized spacial score (nSPS) is 15.2. The van der Waals surface area contributed by atoms with Crippen LogP contribution in [0.1, 0.15) is 107 Å². The third-order valence-corrected chi connectivity index (χ3v) is 8.21.